The molecule has 4 aliphatic rings. The molecule has 4 fully saturated rings. The molecule has 0 saturated heterocycles. The molecule has 0 radical (unpaired) electrons. The van der Waals surface area contributed by atoms with E-state index in [-0.39, 0.29) is 80.3 Å². The molecule has 182 valence electrons. The zero-order valence-electron chi connectivity index (χ0n) is 21.0. The molecule has 0 spiro atoms. The summed E-state index contributed by atoms with van der Waals surface area (Å²) >= 11 is 0. The minimum atomic E-state index is -1.27. The maximum absolute atomic E-state index is 12.0. The molecule has 10 atom stereocenters. The summed E-state index contributed by atoms with van der Waals surface area (Å²) in [6, 6.07) is 0. The van der Waals surface area contributed by atoms with Crippen LogP contribution >= 0.6 is 0 Å². The molecule has 33 heavy (non-hydrogen) atoms. The van der Waals surface area contributed by atoms with Gasteiger partial charge in [0.2, 0.25) is 5.91 Å². The van der Waals surface area contributed by atoms with E-state index in [2.05, 4.69) is 26.1 Å². The average molecular weight is 488 g/mol. The zero-order chi connectivity index (χ0) is 23.3. The maximum Gasteiger partial charge on any atom is 1.00 e. The van der Waals surface area contributed by atoms with Crippen LogP contribution < -0.4 is 61.8 Å². The minimum Gasteiger partial charge on any atom is -0.548 e. The predicted octanol–water partition coefficient (Wildman–Crippen LogP) is -0.737. The standard InChI is InChI=1S/C26H43NO5.K/c1-15(4-9-23(30)27-14-24(31)32)19-7-8-20-18-6-5-16-12-17(28)10-11-25(16,2)21(18)13-22(29)26(19,20)3;/h15-22,28-29H,4-14H2,1-3H3,(H,27,30)(H,31,32);/q;+1/p-1/t15?,16-,17-,18+,19-,20+,21+,22+,25+,26-;/m1./s1. The number of aliphatic hydroxyl groups is 2. The SMILES string of the molecule is CC(CCC(=O)NCC(=O)[O-])[C@H]1CC[C@H]2[C@@H]3CC[C@@H]4C[C@H](O)CC[C@]4(C)[C@H]3C[C@H](O)[C@]12C.[K+]. The van der Waals surface area contributed by atoms with Crippen molar-refractivity contribution < 1.29 is 76.3 Å². The van der Waals surface area contributed by atoms with Gasteiger partial charge in [0.05, 0.1) is 24.7 Å². The summed E-state index contributed by atoms with van der Waals surface area (Å²) in [6.07, 6.45) is 9.01. The summed E-state index contributed by atoms with van der Waals surface area (Å²) in [5.74, 6) is 1.50. The predicted molar refractivity (Wildman–Crippen MR) is 119 cm³/mol. The number of carboxylic acid groups (broad SMARTS) is 1. The van der Waals surface area contributed by atoms with E-state index in [1.807, 2.05) is 0 Å². The smallest absolute Gasteiger partial charge is 0.548 e. The fourth-order valence-electron chi connectivity index (χ4n) is 8.98. The first-order chi connectivity index (χ1) is 15.1. The second kappa shape index (κ2) is 10.9. The largest absolute Gasteiger partial charge is 1.00 e. The van der Waals surface area contributed by atoms with Gasteiger partial charge in [0.25, 0.3) is 0 Å². The van der Waals surface area contributed by atoms with Crippen molar-refractivity contribution in [3.05, 3.63) is 0 Å². The number of carboxylic acids is 1. The van der Waals surface area contributed by atoms with Crippen molar-refractivity contribution >= 4 is 11.9 Å². The summed E-state index contributed by atoms with van der Waals surface area (Å²) < 4.78 is 0. The van der Waals surface area contributed by atoms with Gasteiger partial charge in [0.15, 0.2) is 0 Å². The molecule has 4 rings (SSSR count). The van der Waals surface area contributed by atoms with E-state index >= 15 is 0 Å². The van der Waals surface area contributed by atoms with Gasteiger partial charge in [-0.05, 0) is 104 Å². The Kier molecular flexibility index (Phi) is 9.23. The summed E-state index contributed by atoms with van der Waals surface area (Å²) in [4.78, 5) is 22.6. The van der Waals surface area contributed by atoms with Crippen LogP contribution in [0.5, 0.6) is 0 Å². The van der Waals surface area contributed by atoms with Crippen molar-refractivity contribution in [2.45, 2.75) is 97.2 Å². The van der Waals surface area contributed by atoms with E-state index in [1.165, 1.54) is 12.8 Å². The van der Waals surface area contributed by atoms with E-state index in [9.17, 15) is 24.9 Å². The number of aliphatic hydroxyl groups excluding tert-OH is 2. The summed E-state index contributed by atoms with van der Waals surface area (Å²) in [6.45, 7) is 6.51. The summed E-state index contributed by atoms with van der Waals surface area (Å²) in [7, 11) is 0. The number of hydrogen-bond acceptors (Lipinski definition) is 5. The van der Waals surface area contributed by atoms with Crippen LogP contribution in [0.3, 0.4) is 0 Å². The van der Waals surface area contributed by atoms with E-state index in [0.717, 1.165) is 38.5 Å². The van der Waals surface area contributed by atoms with E-state index in [0.29, 0.717) is 48.3 Å². The molecule has 7 heteroatoms. The number of carbonyl (C=O) groups is 2. The average Bonchev–Trinajstić information content (AvgIpc) is 3.10. The number of nitrogens with one attached hydrogen (secondary N) is 1. The van der Waals surface area contributed by atoms with Gasteiger partial charge < -0.3 is 25.4 Å². The van der Waals surface area contributed by atoms with Gasteiger partial charge in [0, 0.05) is 6.42 Å². The molecule has 0 aliphatic heterocycles. The quantitative estimate of drug-likeness (QED) is 0.428. The van der Waals surface area contributed by atoms with Gasteiger partial charge in [-0.15, -0.1) is 0 Å². The van der Waals surface area contributed by atoms with Crippen LogP contribution in [0.15, 0.2) is 0 Å². The number of rotatable bonds is 6. The van der Waals surface area contributed by atoms with Crippen molar-refractivity contribution in [2.24, 2.45) is 46.3 Å². The molecular weight excluding hydrogens is 445 g/mol. The van der Waals surface area contributed by atoms with Crippen LogP contribution in [0.2, 0.25) is 0 Å². The van der Waals surface area contributed by atoms with E-state index in [4.69, 9.17) is 0 Å². The monoisotopic (exact) mass is 487 g/mol. The normalized spacial score (nSPS) is 45.1. The van der Waals surface area contributed by atoms with Crippen molar-refractivity contribution in [3.63, 3.8) is 0 Å². The van der Waals surface area contributed by atoms with E-state index in [1.54, 1.807) is 0 Å². The maximum atomic E-state index is 12.0. The van der Waals surface area contributed by atoms with Gasteiger partial charge in [0.1, 0.15) is 0 Å². The molecular formula is C26H42KNO5. The van der Waals surface area contributed by atoms with Crippen LogP contribution in [0, 0.1) is 46.3 Å². The second-order valence-electron chi connectivity index (χ2n) is 12.1. The minimum absolute atomic E-state index is 0. The number of hydrogen-bond donors (Lipinski definition) is 3. The molecule has 3 N–H and O–H groups in total. The number of carbonyl (C=O) groups excluding carboxylic acids is 2. The fraction of sp³-hybridized carbons (Fsp3) is 0.923. The Morgan fingerprint density at radius 1 is 1.06 bits per heavy atom. The first-order valence-corrected chi connectivity index (χ1v) is 12.9. The van der Waals surface area contributed by atoms with Crippen molar-refractivity contribution in [1.82, 2.24) is 5.32 Å². The third-order valence-corrected chi connectivity index (χ3v) is 10.8. The molecule has 4 saturated carbocycles. The van der Waals surface area contributed by atoms with E-state index < -0.39 is 12.5 Å². The van der Waals surface area contributed by atoms with Crippen molar-refractivity contribution in [3.8, 4) is 0 Å². The van der Waals surface area contributed by atoms with Gasteiger partial charge in [-0.1, -0.05) is 20.8 Å². The third-order valence-electron chi connectivity index (χ3n) is 10.8. The van der Waals surface area contributed by atoms with Crippen LogP contribution in [-0.2, 0) is 9.59 Å². The zero-order valence-corrected chi connectivity index (χ0v) is 24.1. The third kappa shape index (κ3) is 5.16. The van der Waals surface area contributed by atoms with Gasteiger partial charge in [-0.2, -0.15) is 0 Å². The van der Waals surface area contributed by atoms with Gasteiger partial charge >= 0.3 is 51.4 Å². The molecule has 0 heterocycles. The van der Waals surface area contributed by atoms with Crippen molar-refractivity contribution in [2.75, 3.05) is 6.54 Å². The number of aliphatic carboxylic acids is 1. The topological polar surface area (TPSA) is 110 Å². The number of fused-ring (bicyclic) bond motifs is 5. The van der Waals surface area contributed by atoms with Crippen LogP contribution in [0.25, 0.3) is 0 Å². The van der Waals surface area contributed by atoms with Gasteiger partial charge in [-0.3, -0.25) is 4.79 Å². The van der Waals surface area contributed by atoms with Crippen LogP contribution in [0.1, 0.15) is 85.0 Å². The first-order valence-electron chi connectivity index (χ1n) is 12.9. The second-order valence-corrected chi connectivity index (χ2v) is 12.1. The molecule has 6 nitrogen and oxygen atoms in total. The molecule has 0 aromatic rings. The molecule has 0 bridgehead atoms. The number of amides is 1. The molecule has 4 aliphatic carbocycles. The molecule has 0 aromatic heterocycles. The Morgan fingerprint density at radius 2 is 1.79 bits per heavy atom. The Bertz CT molecular complexity index is 733. The Labute approximate surface area is 241 Å². The Morgan fingerprint density at radius 3 is 2.48 bits per heavy atom. The Hall–Kier alpha value is 0.496. The molecule has 1 amide bonds. The Balaban J connectivity index is 0.00000306. The fourth-order valence-corrected chi connectivity index (χ4v) is 8.98. The molecule has 0 aromatic carbocycles. The summed E-state index contributed by atoms with van der Waals surface area (Å²) in [5.41, 5.74) is 0.130. The van der Waals surface area contributed by atoms with Crippen molar-refractivity contribution in [1.29, 1.82) is 0 Å². The molecule has 1 unspecified atom stereocenters. The van der Waals surface area contributed by atoms with Crippen LogP contribution in [0.4, 0.5) is 0 Å². The first kappa shape index (κ1) is 28.1. The summed E-state index contributed by atoms with van der Waals surface area (Å²) in [5, 5.41) is 34.8. The van der Waals surface area contributed by atoms with Gasteiger partial charge in [-0.25, -0.2) is 0 Å². The van der Waals surface area contributed by atoms with Crippen LogP contribution in [-0.4, -0.2) is 40.8 Å².